The van der Waals surface area contributed by atoms with Gasteiger partial charge in [-0.05, 0) is 37.0 Å². The molecule has 2 aromatic heterocycles. The molecule has 0 fully saturated rings. The molecular formula is C21H21ClN4O2. The van der Waals surface area contributed by atoms with Crippen LogP contribution in [0.5, 0.6) is 0 Å². The van der Waals surface area contributed by atoms with Gasteiger partial charge in [0.05, 0.1) is 24.3 Å². The fourth-order valence-corrected chi connectivity index (χ4v) is 3.89. The van der Waals surface area contributed by atoms with Crippen molar-refractivity contribution in [3.05, 3.63) is 86.6 Å². The van der Waals surface area contributed by atoms with Crippen molar-refractivity contribution in [2.45, 2.75) is 31.8 Å². The number of nitrogens with zero attached hydrogens (tertiary/aromatic N) is 3. The lowest BCUT2D eigenvalue weighted by molar-refractivity contribution is 0.0931. The Morgan fingerprint density at radius 2 is 2.11 bits per heavy atom. The summed E-state index contributed by atoms with van der Waals surface area (Å²) < 4.78 is 3.38. The van der Waals surface area contributed by atoms with E-state index in [2.05, 4.69) is 10.4 Å². The van der Waals surface area contributed by atoms with E-state index < -0.39 is 0 Å². The quantitative estimate of drug-likeness (QED) is 0.736. The van der Waals surface area contributed by atoms with Gasteiger partial charge in [-0.25, -0.2) is 0 Å². The fraction of sp³-hybridized carbons (Fsp3) is 0.286. The van der Waals surface area contributed by atoms with Crippen LogP contribution in [0, 0.1) is 0 Å². The number of aryl methyl sites for hydroxylation is 1. The van der Waals surface area contributed by atoms with Gasteiger partial charge in [0.15, 0.2) is 0 Å². The van der Waals surface area contributed by atoms with E-state index in [9.17, 15) is 9.59 Å². The Labute approximate surface area is 167 Å². The number of hydrogen-bond acceptors (Lipinski definition) is 3. The summed E-state index contributed by atoms with van der Waals surface area (Å²) in [6.45, 7) is 0.315. The predicted octanol–water partition coefficient (Wildman–Crippen LogP) is 3.09. The minimum absolute atomic E-state index is 0.0612. The minimum Gasteiger partial charge on any atom is -0.345 e. The summed E-state index contributed by atoms with van der Waals surface area (Å²) in [5, 5.41) is 8.00. The molecule has 144 valence electrons. The topological polar surface area (TPSA) is 68.9 Å². The molecule has 0 aliphatic heterocycles. The maximum atomic E-state index is 12.8. The van der Waals surface area contributed by atoms with E-state index in [0.29, 0.717) is 17.1 Å². The molecule has 1 amide bonds. The van der Waals surface area contributed by atoms with Crippen LogP contribution in [-0.2, 0) is 20.0 Å². The molecule has 6 nitrogen and oxygen atoms in total. The smallest absolute Gasteiger partial charge is 0.253 e. The lowest BCUT2D eigenvalue weighted by atomic mass is 9.93. The second-order valence-electron chi connectivity index (χ2n) is 7.06. The highest BCUT2D eigenvalue weighted by Gasteiger charge is 2.25. The number of fused-ring (bicyclic) bond motifs is 1. The summed E-state index contributed by atoms with van der Waals surface area (Å²) in [4.78, 5) is 25.1. The fourth-order valence-electron chi connectivity index (χ4n) is 3.70. The van der Waals surface area contributed by atoms with E-state index in [1.165, 1.54) is 16.3 Å². The van der Waals surface area contributed by atoms with Gasteiger partial charge in [0.2, 0.25) is 0 Å². The molecule has 1 aromatic carbocycles. The van der Waals surface area contributed by atoms with Crippen molar-refractivity contribution in [2.24, 2.45) is 7.05 Å². The standard InChI is InChI=1S/C21H21ClN4O2/c1-25-19-8-4-7-18(16(19)11-23-25)24-21(28)15-9-10-20(27)26(13-15)12-14-5-2-3-6-17(14)22/h2-3,5-6,9-11,13,18H,4,7-8,12H2,1H3,(H,24,28). The first-order valence-electron chi connectivity index (χ1n) is 9.28. The SMILES string of the molecule is Cn1ncc2c1CCCC2NC(=O)c1ccc(=O)n(Cc2ccccc2Cl)c1. The zero-order valence-electron chi connectivity index (χ0n) is 15.6. The van der Waals surface area contributed by atoms with E-state index in [-0.39, 0.29) is 17.5 Å². The van der Waals surface area contributed by atoms with E-state index in [1.54, 1.807) is 18.3 Å². The van der Waals surface area contributed by atoms with Gasteiger partial charge in [-0.3, -0.25) is 14.3 Å². The molecule has 0 radical (unpaired) electrons. The second-order valence-corrected chi connectivity index (χ2v) is 7.47. The summed E-state index contributed by atoms with van der Waals surface area (Å²) in [6, 6.07) is 10.3. The van der Waals surface area contributed by atoms with Gasteiger partial charge in [0.25, 0.3) is 11.5 Å². The summed E-state index contributed by atoms with van der Waals surface area (Å²) >= 11 is 6.20. The first kappa shape index (κ1) is 18.5. The summed E-state index contributed by atoms with van der Waals surface area (Å²) in [7, 11) is 1.92. The van der Waals surface area contributed by atoms with E-state index in [0.717, 1.165) is 30.4 Å². The molecule has 0 spiro atoms. The summed E-state index contributed by atoms with van der Waals surface area (Å²) in [5.41, 5.74) is 3.34. The average molecular weight is 397 g/mol. The molecule has 1 atom stereocenters. The molecule has 1 aliphatic rings. The average Bonchev–Trinajstić information content (AvgIpc) is 3.07. The number of pyridine rings is 1. The molecule has 0 saturated heterocycles. The molecule has 1 aliphatic carbocycles. The van der Waals surface area contributed by atoms with Crippen LogP contribution in [0.25, 0.3) is 0 Å². The van der Waals surface area contributed by atoms with Crippen molar-refractivity contribution >= 4 is 17.5 Å². The number of hydrogen-bond donors (Lipinski definition) is 1. The molecule has 4 rings (SSSR count). The van der Waals surface area contributed by atoms with Crippen molar-refractivity contribution in [1.29, 1.82) is 0 Å². The highest BCUT2D eigenvalue weighted by Crippen LogP contribution is 2.29. The number of nitrogens with one attached hydrogen (secondary N) is 1. The van der Waals surface area contributed by atoms with Crippen LogP contribution in [-0.4, -0.2) is 20.3 Å². The molecule has 1 unspecified atom stereocenters. The number of amides is 1. The predicted molar refractivity (Wildman–Crippen MR) is 108 cm³/mol. The van der Waals surface area contributed by atoms with Gasteiger partial charge in [-0.1, -0.05) is 29.8 Å². The van der Waals surface area contributed by atoms with Crippen LogP contribution in [0.4, 0.5) is 0 Å². The van der Waals surface area contributed by atoms with Gasteiger partial charge in [-0.15, -0.1) is 0 Å². The van der Waals surface area contributed by atoms with E-state index in [4.69, 9.17) is 11.6 Å². The van der Waals surface area contributed by atoms with Gasteiger partial charge in [0, 0.05) is 35.6 Å². The third kappa shape index (κ3) is 3.60. The van der Waals surface area contributed by atoms with E-state index >= 15 is 0 Å². The Bertz CT molecular complexity index is 1090. The number of carbonyl (C=O) groups is 1. The van der Waals surface area contributed by atoms with Gasteiger partial charge < -0.3 is 9.88 Å². The Hall–Kier alpha value is -2.86. The molecular weight excluding hydrogens is 376 g/mol. The molecule has 3 aromatic rings. The maximum absolute atomic E-state index is 12.8. The zero-order valence-corrected chi connectivity index (χ0v) is 16.3. The molecule has 28 heavy (non-hydrogen) atoms. The van der Waals surface area contributed by atoms with Crippen LogP contribution in [0.15, 0.2) is 53.6 Å². The van der Waals surface area contributed by atoms with Crippen molar-refractivity contribution in [3.8, 4) is 0 Å². The number of benzene rings is 1. The van der Waals surface area contributed by atoms with Crippen molar-refractivity contribution in [1.82, 2.24) is 19.7 Å². The monoisotopic (exact) mass is 396 g/mol. The second kappa shape index (κ2) is 7.64. The van der Waals surface area contributed by atoms with Crippen molar-refractivity contribution in [3.63, 3.8) is 0 Å². The highest BCUT2D eigenvalue weighted by atomic mass is 35.5. The van der Waals surface area contributed by atoms with Crippen LogP contribution in [0.3, 0.4) is 0 Å². The highest BCUT2D eigenvalue weighted by molar-refractivity contribution is 6.31. The Balaban J connectivity index is 1.56. The number of rotatable bonds is 4. The Morgan fingerprint density at radius 1 is 1.29 bits per heavy atom. The Morgan fingerprint density at radius 3 is 2.93 bits per heavy atom. The first-order valence-corrected chi connectivity index (χ1v) is 9.66. The minimum atomic E-state index is -0.199. The summed E-state index contributed by atoms with van der Waals surface area (Å²) in [6.07, 6.45) is 6.28. The van der Waals surface area contributed by atoms with Crippen LogP contribution in [0.1, 0.15) is 46.1 Å². The third-order valence-electron chi connectivity index (χ3n) is 5.23. The van der Waals surface area contributed by atoms with Gasteiger partial charge >= 0.3 is 0 Å². The molecule has 1 N–H and O–H groups in total. The van der Waals surface area contributed by atoms with Crippen molar-refractivity contribution in [2.75, 3.05) is 0 Å². The van der Waals surface area contributed by atoms with Crippen LogP contribution in [0.2, 0.25) is 5.02 Å². The normalized spacial score (nSPS) is 15.9. The first-order chi connectivity index (χ1) is 13.5. The zero-order chi connectivity index (χ0) is 19.7. The van der Waals surface area contributed by atoms with E-state index in [1.807, 2.05) is 36.1 Å². The van der Waals surface area contributed by atoms with Gasteiger partial charge in [-0.2, -0.15) is 5.10 Å². The number of aromatic nitrogens is 3. The molecule has 7 heteroatoms. The summed E-state index contributed by atoms with van der Waals surface area (Å²) in [5.74, 6) is -0.199. The molecule has 0 bridgehead atoms. The van der Waals surface area contributed by atoms with Gasteiger partial charge in [0.1, 0.15) is 0 Å². The lowest BCUT2D eigenvalue weighted by Crippen LogP contribution is -2.32. The number of halogens is 1. The third-order valence-corrected chi connectivity index (χ3v) is 5.59. The lowest BCUT2D eigenvalue weighted by Gasteiger charge is -2.24. The molecule has 0 saturated carbocycles. The Kier molecular flexibility index (Phi) is 5.05. The van der Waals surface area contributed by atoms with Crippen LogP contribution >= 0.6 is 11.6 Å². The number of carbonyl (C=O) groups excluding carboxylic acids is 1. The largest absolute Gasteiger partial charge is 0.345 e. The van der Waals surface area contributed by atoms with Crippen molar-refractivity contribution < 1.29 is 4.79 Å². The van der Waals surface area contributed by atoms with Crippen LogP contribution < -0.4 is 10.9 Å². The maximum Gasteiger partial charge on any atom is 0.253 e. The molecule has 2 heterocycles.